The zero-order chi connectivity index (χ0) is 18.8. The maximum absolute atomic E-state index is 12.9. The van der Waals surface area contributed by atoms with Gasteiger partial charge in [0.25, 0.3) is 5.22 Å². The Balaban J connectivity index is 1.45. The molecule has 3 aromatic rings. The minimum Gasteiger partial charge on any atom is -0.411 e. The van der Waals surface area contributed by atoms with Crippen LogP contribution in [0.1, 0.15) is 24.5 Å². The van der Waals surface area contributed by atoms with Crippen LogP contribution in [-0.2, 0) is 11.2 Å². The van der Waals surface area contributed by atoms with E-state index in [4.69, 9.17) is 4.42 Å². The average Bonchev–Trinajstić information content (AvgIpc) is 3.15. The van der Waals surface area contributed by atoms with Crippen LogP contribution in [0.3, 0.4) is 0 Å². The second-order valence-electron chi connectivity index (χ2n) is 6.81. The SMILES string of the molecule is Cc1ccc(-c2nnc(SCC(=O)N3c4ccccc4CCC3C)o2)cc1. The number of amides is 1. The van der Waals surface area contributed by atoms with E-state index in [-0.39, 0.29) is 17.7 Å². The van der Waals surface area contributed by atoms with E-state index in [1.165, 1.54) is 22.9 Å². The van der Waals surface area contributed by atoms with Crippen molar-refractivity contribution in [1.29, 1.82) is 0 Å². The Morgan fingerprint density at radius 2 is 1.96 bits per heavy atom. The number of hydrogen-bond acceptors (Lipinski definition) is 5. The van der Waals surface area contributed by atoms with E-state index in [1.54, 1.807) is 0 Å². The zero-order valence-corrected chi connectivity index (χ0v) is 16.2. The van der Waals surface area contributed by atoms with Gasteiger partial charge in [-0.3, -0.25) is 4.79 Å². The van der Waals surface area contributed by atoms with E-state index < -0.39 is 0 Å². The highest BCUT2D eigenvalue weighted by Crippen LogP contribution is 2.32. The fraction of sp³-hybridized carbons (Fsp3) is 0.286. The molecule has 1 aliphatic heterocycles. The number of carbonyl (C=O) groups is 1. The number of rotatable bonds is 4. The van der Waals surface area contributed by atoms with E-state index in [1.807, 2.05) is 54.3 Å². The highest BCUT2D eigenvalue weighted by atomic mass is 32.2. The molecule has 5 nitrogen and oxygen atoms in total. The second-order valence-corrected chi connectivity index (χ2v) is 7.73. The molecule has 0 bridgehead atoms. The molecule has 4 rings (SSSR count). The number of nitrogens with zero attached hydrogens (tertiary/aromatic N) is 3. The largest absolute Gasteiger partial charge is 0.411 e. The van der Waals surface area contributed by atoms with Crippen LogP contribution < -0.4 is 4.90 Å². The van der Waals surface area contributed by atoms with Gasteiger partial charge in [-0.05, 0) is 50.5 Å². The number of aromatic nitrogens is 2. The molecule has 2 heterocycles. The first kappa shape index (κ1) is 17.8. The maximum Gasteiger partial charge on any atom is 0.277 e. The number of anilines is 1. The summed E-state index contributed by atoms with van der Waals surface area (Å²) in [6, 6.07) is 16.2. The van der Waals surface area contributed by atoms with Crippen LogP contribution in [0.2, 0.25) is 0 Å². The summed E-state index contributed by atoms with van der Waals surface area (Å²) < 4.78 is 5.71. The van der Waals surface area contributed by atoms with E-state index in [9.17, 15) is 4.79 Å². The molecular weight excluding hydrogens is 358 g/mol. The van der Waals surface area contributed by atoms with Crippen LogP contribution >= 0.6 is 11.8 Å². The van der Waals surface area contributed by atoms with Gasteiger partial charge in [-0.1, -0.05) is 47.7 Å². The van der Waals surface area contributed by atoms with Crippen molar-refractivity contribution in [2.45, 2.75) is 38.0 Å². The van der Waals surface area contributed by atoms with Gasteiger partial charge in [0.2, 0.25) is 11.8 Å². The Kier molecular flexibility index (Phi) is 4.99. The molecule has 0 aliphatic carbocycles. The smallest absolute Gasteiger partial charge is 0.277 e. The molecule has 0 spiro atoms. The van der Waals surface area contributed by atoms with E-state index in [0.29, 0.717) is 11.1 Å². The Bertz CT molecular complexity index is 952. The van der Waals surface area contributed by atoms with Crippen LogP contribution in [0, 0.1) is 6.92 Å². The number of benzene rings is 2. The van der Waals surface area contributed by atoms with Gasteiger partial charge in [-0.2, -0.15) is 0 Å². The molecule has 0 saturated heterocycles. The number of fused-ring (bicyclic) bond motifs is 1. The third kappa shape index (κ3) is 3.76. The summed E-state index contributed by atoms with van der Waals surface area (Å²) in [5, 5.41) is 8.58. The summed E-state index contributed by atoms with van der Waals surface area (Å²) in [6.07, 6.45) is 1.99. The van der Waals surface area contributed by atoms with Crippen LogP contribution in [0.5, 0.6) is 0 Å². The molecule has 1 aromatic heterocycles. The molecular formula is C21H21N3O2S. The minimum atomic E-state index is 0.0646. The lowest BCUT2D eigenvalue weighted by Crippen LogP contribution is -2.43. The molecule has 27 heavy (non-hydrogen) atoms. The van der Waals surface area contributed by atoms with Gasteiger partial charge in [0, 0.05) is 17.3 Å². The molecule has 0 N–H and O–H groups in total. The fourth-order valence-electron chi connectivity index (χ4n) is 3.34. The minimum absolute atomic E-state index is 0.0646. The highest BCUT2D eigenvalue weighted by molar-refractivity contribution is 7.99. The van der Waals surface area contributed by atoms with E-state index in [0.717, 1.165) is 24.1 Å². The lowest BCUT2D eigenvalue weighted by molar-refractivity contribution is -0.116. The first-order valence-electron chi connectivity index (χ1n) is 9.05. The topological polar surface area (TPSA) is 59.2 Å². The van der Waals surface area contributed by atoms with E-state index >= 15 is 0 Å². The molecule has 1 atom stereocenters. The average molecular weight is 379 g/mol. The van der Waals surface area contributed by atoms with Crippen molar-refractivity contribution in [2.75, 3.05) is 10.7 Å². The summed E-state index contributed by atoms with van der Waals surface area (Å²) in [5.41, 5.74) is 4.31. The van der Waals surface area contributed by atoms with Gasteiger partial charge < -0.3 is 9.32 Å². The lowest BCUT2D eigenvalue weighted by Gasteiger charge is -2.35. The zero-order valence-electron chi connectivity index (χ0n) is 15.4. The number of aryl methyl sites for hydroxylation is 2. The summed E-state index contributed by atoms with van der Waals surface area (Å²) in [4.78, 5) is 14.8. The molecule has 6 heteroatoms. The highest BCUT2D eigenvalue weighted by Gasteiger charge is 2.28. The van der Waals surface area contributed by atoms with E-state index in [2.05, 4.69) is 23.2 Å². The third-order valence-corrected chi connectivity index (χ3v) is 5.62. The van der Waals surface area contributed by atoms with Crippen molar-refractivity contribution in [3.05, 3.63) is 59.7 Å². The second kappa shape index (κ2) is 7.56. The predicted molar refractivity (Wildman–Crippen MR) is 107 cm³/mol. The third-order valence-electron chi connectivity index (χ3n) is 4.82. The summed E-state index contributed by atoms with van der Waals surface area (Å²) >= 11 is 1.29. The number of carbonyl (C=O) groups excluding carboxylic acids is 1. The summed E-state index contributed by atoms with van der Waals surface area (Å²) in [6.45, 7) is 4.13. The summed E-state index contributed by atoms with van der Waals surface area (Å²) in [5.74, 6) is 0.810. The molecule has 0 radical (unpaired) electrons. The van der Waals surface area contributed by atoms with Crippen molar-refractivity contribution in [3.63, 3.8) is 0 Å². The van der Waals surface area contributed by atoms with Crippen LogP contribution in [-0.4, -0.2) is 27.9 Å². The Morgan fingerprint density at radius 3 is 2.78 bits per heavy atom. The summed E-state index contributed by atoms with van der Waals surface area (Å²) in [7, 11) is 0. The number of thioether (sulfide) groups is 1. The molecule has 0 fully saturated rings. The van der Waals surface area contributed by atoms with Gasteiger partial charge in [-0.15, -0.1) is 10.2 Å². The normalized spacial score (nSPS) is 16.2. The Morgan fingerprint density at radius 1 is 1.19 bits per heavy atom. The quantitative estimate of drug-likeness (QED) is 0.625. The monoisotopic (exact) mass is 379 g/mol. The molecule has 0 saturated carbocycles. The standard InChI is InChI=1S/C21H21N3O2S/c1-14-7-10-17(11-8-14)20-22-23-21(26-20)27-13-19(25)24-15(2)9-12-16-5-3-4-6-18(16)24/h3-8,10-11,15H,9,12-13H2,1-2H3. The Labute approximate surface area is 162 Å². The lowest BCUT2D eigenvalue weighted by atomic mass is 9.97. The van der Waals surface area contributed by atoms with Crippen molar-refractivity contribution >= 4 is 23.4 Å². The van der Waals surface area contributed by atoms with Gasteiger partial charge >= 0.3 is 0 Å². The molecule has 1 aliphatic rings. The van der Waals surface area contributed by atoms with Crippen LogP contribution in [0.15, 0.2) is 58.2 Å². The predicted octanol–water partition coefficient (Wildman–Crippen LogP) is 4.51. The maximum atomic E-state index is 12.9. The molecule has 1 amide bonds. The van der Waals surface area contributed by atoms with Gasteiger partial charge in [0.1, 0.15) is 0 Å². The van der Waals surface area contributed by atoms with Crippen LogP contribution in [0.25, 0.3) is 11.5 Å². The van der Waals surface area contributed by atoms with Crippen molar-refractivity contribution in [1.82, 2.24) is 10.2 Å². The Hall–Kier alpha value is -2.60. The first-order valence-corrected chi connectivity index (χ1v) is 10.0. The van der Waals surface area contributed by atoms with Crippen molar-refractivity contribution in [2.24, 2.45) is 0 Å². The van der Waals surface area contributed by atoms with Gasteiger partial charge in [-0.25, -0.2) is 0 Å². The molecule has 1 unspecified atom stereocenters. The van der Waals surface area contributed by atoms with Crippen molar-refractivity contribution < 1.29 is 9.21 Å². The number of para-hydroxylation sites is 1. The van der Waals surface area contributed by atoms with Crippen molar-refractivity contribution in [3.8, 4) is 11.5 Å². The molecule has 138 valence electrons. The van der Waals surface area contributed by atoms with Gasteiger partial charge in [0.05, 0.1) is 5.75 Å². The number of hydrogen-bond donors (Lipinski definition) is 0. The first-order chi connectivity index (χ1) is 13.1. The van der Waals surface area contributed by atoms with Crippen LogP contribution in [0.4, 0.5) is 5.69 Å². The fourth-order valence-corrected chi connectivity index (χ4v) is 3.96. The molecule has 2 aromatic carbocycles. The van der Waals surface area contributed by atoms with Gasteiger partial charge in [0.15, 0.2) is 0 Å².